The van der Waals surface area contributed by atoms with E-state index in [2.05, 4.69) is 5.32 Å². The fourth-order valence-corrected chi connectivity index (χ4v) is 1.91. The highest BCUT2D eigenvalue weighted by molar-refractivity contribution is 8.00. The summed E-state index contributed by atoms with van der Waals surface area (Å²) >= 11 is -0.159. The third kappa shape index (κ3) is 5.13. The Labute approximate surface area is 101 Å². The Morgan fingerprint density at radius 3 is 2.53 bits per heavy atom. The molecule has 1 amide bonds. The van der Waals surface area contributed by atoms with E-state index in [-0.39, 0.29) is 24.1 Å². The van der Waals surface area contributed by atoms with Crippen molar-refractivity contribution in [3.63, 3.8) is 0 Å². The van der Waals surface area contributed by atoms with E-state index in [4.69, 9.17) is 10.5 Å². The van der Waals surface area contributed by atoms with Gasteiger partial charge in [0.25, 0.3) is 0 Å². The molecular formula is C9H15F3N2O2S. The number of ether oxygens (including phenoxy) is 1. The molecule has 0 aliphatic carbocycles. The zero-order valence-corrected chi connectivity index (χ0v) is 10.00. The molecule has 0 aromatic rings. The summed E-state index contributed by atoms with van der Waals surface area (Å²) < 4.78 is 40.5. The first-order valence-corrected chi connectivity index (χ1v) is 6.18. The predicted molar refractivity (Wildman–Crippen MR) is 58.5 cm³/mol. The molecule has 0 bridgehead atoms. The highest BCUT2D eigenvalue weighted by Crippen LogP contribution is 2.29. The average molecular weight is 272 g/mol. The molecule has 100 valence electrons. The maximum atomic E-state index is 11.8. The molecule has 0 aromatic heterocycles. The van der Waals surface area contributed by atoms with E-state index in [9.17, 15) is 18.0 Å². The molecule has 0 aromatic carbocycles. The van der Waals surface area contributed by atoms with E-state index in [1.54, 1.807) is 0 Å². The molecule has 1 saturated heterocycles. The van der Waals surface area contributed by atoms with Crippen molar-refractivity contribution in [2.75, 3.05) is 25.5 Å². The largest absolute Gasteiger partial charge is 0.441 e. The topological polar surface area (TPSA) is 64.4 Å². The molecular weight excluding hydrogens is 257 g/mol. The second kappa shape index (κ2) is 5.92. The van der Waals surface area contributed by atoms with Crippen LogP contribution in [0.15, 0.2) is 0 Å². The minimum Gasteiger partial charge on any atom is -0.381 e. The van der Waals surface area contributed by atoms with Crippen LogP contribution < -0.4 is 11.1 Å². The van der Waals surface area contributed by atoms with Crippen LogP contribution >= 0.6 is 11.8 Å². The number of rotatable bonds is 4. The van der Waals surface area contributed by atoms with Gasteiger partial charge in [-0.2, -0.15) is 13.2 Å². The molecule has 0 radical (unpaired) electrons. The van der Waals surface area contributed by atoms with Gasteiger partial charge in [-0.05, 0) is 24.6 Å². The number of hydrogen-bond acceptors (Lipinski definition) is 4. The van der Waals surface area contributed by atoms with Crippen molar-refractivity contribution < 1.29 is 22.7 Å². The molecule has 3 N–H and O–H groups in total. The van der Waals surface area contributed by atoms with E-state index >= 15 is 0 Å². The minimum atomic E-state index is -4.26. The van der Waals surface area contributed by atoms with Crippen LogP contribution in [-0.2, 0) is 9.53 Å². The number of thioether (sulfide) groups is 1. The van der Waals surface area contributed by atoms with Gasteiger partial charge in [-0.3, -0.25) is 4.79 Å². The third-order valence-corrected chi connectivity index (χ3v) is 3.23. The summed E-state index contributed by atoms with van der Waals surface area (Å²) in [5, 5.41) is 2.43. The Kier molecular flexibility index (Phi) is 5.08. The first-order chi connectivity index (χ1) is 7.83. The van der Waals surface area contributed by atoms with Gasteiger partial charge in [0, 0.05) is 25.5 Å². The SMILES string of the molecule is NC1(C(=O)NCCSC(F)(F)F)CCOCC1. The highest BCUT2D eigenvalue weighted by Gasteiger charge is 2.35. The first kappa shape index (κ1) is 14.6. The fraction of sp³-hybridized carbons (Fsp3) is 0.889. The fourth-order valence-electron chi connectivity index (χ4n) is 1.47. The molecule has 0 spiro atoms. The standard InChI is InChI=1S/C9H15F3N2O2S/c10-9(11,12)17-6-3-14-7(15)8(13)1-4-16-5-2-8/h1-6,13H2,(H,14,15). The van der Waals surface area contributed by atoms with Gasteiger partial charge in [-0.25, -0.2) is 0 Å². The quantitative estimate of drug-likeness (QED) is 0.745. The number of halogens is 3. The van der Waals surface area contributed by atoms with Crippen molar-refractivity contribution in [3.05, 3.63) is 0 Å². The van der Waals surface area contributed by atoms with Gasteiger partial charge in [0.05, 0.1) is 5.54 Å². The predicted octanol–water partition coefficient (Wildman–Crippen LogP) is 0.863. The van der Waals surface area contributed by atoms with Crippen LogP contribution in [0.4, 0.5) is 13.2 Å². The number of amides is 1. The third-order valence-electron chi connectivity index (χ3n) is 2.49. The Morgan fingerprint density at radius 2 is 2.00 bits per heavy atom. The summed E-state index contributed by atoms with van der Waals surface area (Å²) in [6, 6.07) is 0. The van der Waals surface area contributed by atoms with Crippen LogP contribution in [-0.4, -0.2) is 42.5 Å². The maximum absolute atomic E-state index is 11.8. The molecule has 1 aliphatic rings. The summed E-state index contributed by atoms with van der Waals surface area (Å²) in [7, 11) is 0. The van der Waals surface area contributed by atoms with Crippen LogP contribution in [0.3, 0.4) is 0 Å². The van der Waals surface area contributed by atoms with Gasteiger partial charge in [-0.1, -0.05) is 0 Å². The lowest BCUT2D eigenvalue weighted by molar-refractivity contribution is -0.129. The second-order valence-electron chi connectivity index (χ2n) is 3.82. The van der Waals surface area contributed by atoms with E-state index in [1.807, 2.05) is 0 Å². The normalized spacial score (nSPS) is 20.0. The summed E-state index contributed by atoms with van der Waals surface area (Å²) in [6.45, 7) is 0.769. The van der Waals surface area contributed by atoms with Crippen molar-refractivity contribution in [2.45, 2.75) is 23.9 Å². The monoisotopic (exact) mass is 272 g/mol. The summed E-state index contributed by atoms with van der Waals surface area (Å²) in [4.78, 5) is 11.7. The van der Waals surface area contributed by atoms with Gasteiger partial charge in [0.15, 0.2) is 0 Å². The lowest BCUT2D eigenvalue weighted by Crippen LogP contribution is -2.57. The van der Waals surface area contributed by atoms with Crippen LogP contribution in [0.5, 0.6) is 0 Å². The van der Waals surface area contributed by atoms with Crippen LogP contribution in [0.2, 0.25) is 0 Å². The first-order valence-electron chi connectivity index (χ1n) is 5.19. The van der Waals surface area contributed by atoms with E-state index in [0.29, 0.717) is 26.1 Å². The Bertz CT molecular complexity index is 267. The summed E-state index contributed by atoms with van der Waals surface area (Å²) in [6.07, 6.45) is 0.788. The van der Waals surface area contributed by atoms with E-state index in [0.717, 1.165) is 0 Å². The van der Waals surface area contributed by atoms with Gasteiger partial charge in [0.2, 0.25) is 5.91 Å². The van der Waals surface area contributed by atoms with Crippen molar-refractivity contribution in [1.29, 1.82) is 0 Å². The summed E-state index contributed by atoms with van der Waals surface area (Å²) in [5.74, 6) is -0.606. The molecule has 1 fully saturated rings. The zero-order valence-electron chi connectivity index (χ0n) is 9.18. The smallest absolute Gasteiger partial charge is 0.381 e. The molecule has 0 atom stereocenters. The molecule has 1 rings (SSSR count). The van der Waals surface area contributed by atoms with Gasteiger partial charge in [0.1, 0.15) is 0 Å². The molecule has 0 unspecified atom stereocenters. The molecule has 8 heteroatoms. The van der Waals surface area contributed by atoms with E-state index in [1.165, 1.54) is 0 Å². The number of nitrogens with two attached hydrogens (primary N) is 1. The number of carbonyl (C=O) groups excluding carboxylic acids is 1. The van der Waals surface area contributed by atoms with Crippen molar-refractivity contribution in [1.82, 2.24) is 5.32 Å². The van der Waals surface area contributed by atoms with Crippen molar-refractivity contribution >= 4 is 17.7 Å². The number of alkyl halides is 3. The van der Waals surface area contributed by atoms with Crippen molar-refractivity contribution in [2.24, 2.45) is 5.73 Å². The Hall–Kier alpha value is -0.470. The van der Waals surface area contributed by atoms with Gasteiger partial charge >= 0.3 is 5.51 Å². The zero-order chi connectivity index (χ0) is 12.9. The Morgan fingerprint density at radius 1 is 1.41 bits per heavy atom. The molecule has 0 saturated carbocycles. The highest BCUT2D eigenvalue weighted by atomic mass is 32.2. The van der Waals surface area contributed by atoms with Gasteiger partial charge in [-0.15, -0.1) is 0 Å². The van der Waals surface area contributed by atoms with Crippen LogP contribution in [0, 0.1) is 0 Å². The lowest BCUT2D eigenvalue weighted by atomic mass is 9.90. The second-order valence-corrected chi connectivity index (χ2v) is 4.98. The lowest BCUT2D eigenvalue weighted by Gasteiger charge is -2.31. The van der Waals surface area contributed by atoms with Crippen LogP contribution in [0.25, 0.3) is 0 Å². The Balaban J connectivity index is 2.24. The maximum Gasteiger partial charge on any atom is 0.441 e. The number of nitrogens with one attached hydrogen (secondary N) is 1. The number of carbonyl (C=O) groups is 1. The van der Waals surface area contributed by atoms with Gasteiger partial charge < -0.3 is 15.8 Å². The molecule has 1 heterocycles. The van der Waals surface area contributed by atoms with Crippen LogP contribution in [0.1, 0.15) is 12.8 Å². The average Bonchev–Trinajstić information content (AvgIpc) is 2.24. The summed E-state index contributed by atoms with van der Waals surface area (Å²) in [5.41, 5.74) is 0.591. The minimum absolute atomic E-state index is 0.0389. The molecule has 4 nitrogen and oxygen atoms in total. The molecule has 1 aliphatic heterocycles. The van der Waals surface area contributed by atoms with E-state index < -0.39 is 17.0 Å². The number of hydrogen-bond donors (Lipinski definition) is 2. The van der Waals surface area contributed by atoms with Crippen molar-refractivity contribution in [3.8, 4) is 0 Å². The molecule has 17 heavy (non-hydrogen) atoms.